The van der Waals surface area contributed by atoms with Gasteiger partial charge in [-0.1, -0.05) is 18.2 Å². The van der Waals surface area contributed by atoms with Crippen LogP contribution < -0.4 is 4.74 Å². The molecule has 6 heteroatoms. The quantitative estimate of drug-likeness (QED) is 0.403. The van der Waals surface area contributed by atoms with Crippen molar-refractivity contribution in [2.75, 3.05) is 6.61 Å². The third-order valence-electron chi connectivity index (χ3n) is 4.68. The largest absolute Gasteiger partial charge is 0.462 e. The first kappa shape index (κ1) is 17.9. The van der Waals surface area contributed by atoms with Crippen LogP contribution in [0, 0.1) is 13.8 Å². The third-order valence-corrected chi connectivity index (χ3v) is 4.68. The summed E-state index contributed by atoms with van der Waals surface area (Å²) in [6.07, 6.45) is 0. The van der Waals surface area contributed by atoms with Crippen molar-refractivity contribution in [3.8, 4) is 5.75 Å². The number of ether oxygens (including phenoxy) is 2. The van der Waals surface area contributed by atoms with E-state index in [1.807, 2.05) is 24.3 Å². The van der Waals surface area contributed by atoms with Gasteiger partial charge in [0.25, 0.3) is 0 Å². The van der Waals surface area contributed by atoms with Crippen molar-refractivity contribution in [3.05, 3.63) is 65.0 Å². The number of rotatable bonds is 4. The summed E-state index contributed by atoms with van der Waals surface area (Å²) in [6, 6.07) is 12.9. The minimum Gasteiger partial charge on any atom is -0.462 e. The first-order valence-corrected chi connectivity index (χ1v) is 8.99. The van der Waals surface area contributed by atoms with Crippen LogP contribution in [0.15, 0.2) is 46.9 Å². The average Bonchev–Trinajstić information content (AvgIpc) is 3.18. The highest BCUT2D eigenvalue weighted by molar-refractivity contribution is 6.05. The zero-order valence-electron chi connectivity index (χ0n) is 15.8. The molecule has 0 saturated carbocycles. The molecule has 0 atom stereocenters. The van der Waals surface area contributed by atoms with Crippen molar-refractivity contribution in [2.45, 2.75) is 20.8 Å². The van der Waals surface area contributed by atoms with E-state index in [1.54, 1.807) is 39.0 Å². The number of fused-ring (bicyclic) bond motifs is 3. The molecule has 0 fully saturated rings. The fourth-order valence-electron chi connectivity index (χ4n) is 3.39. The van der Waals surface area contributed by atoms with Crippen LogP contribution in [0.25, 0.3) is 21.9 Å². The Morgan fingerprint density at radius 2 is 1.75 bits per heavy atom. The van der Waals surface area contributed by atoms with Gasteiger partial charge in [0.15, 0.2) is 0 Å². The Morgan fingerprint density at radius 3 is 2.54 bits per heavy atom. The van der Waals surface area contributed by atoms with Crippen LogP contribution in [-0.4, -0.2) is 23.5 Å². The molecular formula is C22H19NO5. The Morgan fingerprint density at radius 1 is 1.00 bits per heavy atom. The highest BCUT2D eigenvalue weighted by Crippen LogP contribution is 2.31. The van der Waals surface area contributed by atoms with Crippen molar-refractivity contribution in [3.63, 3.8) is 0 Å². The molecule has 0 unspecified atom stereocenters. The monoisotopic (exact) mass is 377 g/mol. The number of nitrogens with one attached hydrogen (secondary N) is 1. The number of para-hydroxylation sites is 1. The molecule has 2 aromatic carbocycles. The second-order valence-electron chi connectivity index (χ2n) is 6.49. The van der Waals surface area contributed by atoms with Crippen molar-refractivity contribution in [1.29, 1.82) is 0 Å². The number of benzene rings is 2. The van der Waals surface area contributed by atoms with E-state index in [1.165, 1.54) is 0 Å². The smallest absolute Gasteiger partial charge is 0.360 e. The predicted octanol–water partition coefficient (Wildman–Crippen LogP) is 4.93. The lowest BCUT2D eigenvalue weighted by Gasteiger charge is -2.05. The van der Waals surface area contributed by atoms with Gasteiger partial charge in [-0.15, -0.1) is 0 Å². The molecule has 4 rings (SSSR count). The van der Waals surface area contributed by atoms with Crippen molar-refractivity contribution >= 4 is 33.9 Å². The molecule has 0 radical (unpaired) electrons. The van der Waals surface area contributed by atoms with Gasteiger partial charge in [0.05, 0.1) is 12.2 Å². The number of aromatic amines is 1. The Kier molecular flexibility index (Phi) is 4.39. The molecule has 6 nitrogen and oxygen atoms in total. The molecule has 0 aliphatic heterocycles. The molecular weight excluding hydrogens is 358 g/mol. The molecule has 0 spiro atoms. The van der Waals surface area contributed by atoms with Gasteiger partial charge < -0.3 is 18.9 Å². The number of esters is 2. The van der Waals surface area contributed by atoms with Crippen LogP contribution in [0.2, 0.25) is 0 Å². The topological polar surface area (TPSA) is 81.5 Å². The summed E-state index contributed by atoms with van der Waals surface area (Å²) in [7, 11) is 0. The summed E-state index contributed by atoms with van der Waals surface area (Å²) in [5, 5.41) is 1.82. The third kappa shape index (κ3) is 2.93. The molecule has 0 saturated heterocycles. The Bertz CT molecular complexity index is 1210. The van der Waals surface area contributed by atoms with Crippen molar-refractivity contribution in [1.82, 2.24) is 4.98 Å². The maximum atomic E-state index is 12.7. The Balaban J connectivity index is 1.66. The standard InChI is InChI=1S/C22H19NO5/c1-4-26-21(24)19-12(2)20(23-13(19)3)22(25)27-14-9-10-18-16(11-14)15-7-5-6-8-17(15)28-18/h5-11,23H,4H2,1-3H3. The van der Waals surface area contributed by atoms with Gasteiger partial charge in [-0.2, -0.15) is 0 Å². The lowest BCUT2D eigenvalue weighted by atomic mass is 10.1. The van der Waals surface area contributed by atoms with Crippen LogP contribution in [0.4, 0.5) is 0 Å². The van der Waals surface area contributed by atoms with Gasteiger partial charge in [0, 0.05) is 16.5 Å². The van der Waals surface area contributed by atoms with Crippen LogP contribution in [0.3, 0.4) is 0 Å². The number of hydrogen-bond acceptors (Lipinski definition) is 5. The van der Waals surface area contributed by atoms with Gasteiger partial charge in [-0.3, -0.25) is 0 Å². The molecule has 1 N–H and O–H groups in total. The number of hydrogen-bond donors (Lipinski definition) is 1. The fourth-order valence-corrected chi connectivity index (χ4v) is 3.39. The van der Waals surface area contributed by atoms with Gasteiger partial charge in [0.2, 0.25) is 0 Å². The second-order valence-corrected chi connectivity index (χ2v) is 6.49. The first-order chi connectivity index (χ1) is 13.5. The van der Waals surface area contributed by atoms with Crippen molar-refractivity contribution < 1.29 is 23.5 Å². The van der Waals surface area contributed by atoms with E-state index in [9.17, 15) is 9.59 Å². The van der Waals surface area contributed by atoms with E-state index >= 15 is 0 Å². The number of furan rings is 1. The van der Waals surface area contributed by atoms with E-state index in [4.69, 9.17) is 13.9 Å². The normalized spacial score (nSPS) is 11.1. The summed E-state index contributed by atoms with van der Waals surface area (Å²) >= 11 is 0. The molecule has 4 aromatic rings. The van der Waals surface area contributed by atoms with Gasteiger partial charge in [-0.25, -0.2) is 9.59 Å². The summed E-state index contributed by atoms with van der Waals surface area (Å²) in [6.45, 7) is 5.42. The first-order valence-electron chi connectivity index (χ1n) is 8.99. The number of carbonyl (C=O) groups is 2. The molecule has 2 heterocycles. The Hall–Kier alpha value is -3.54. The highest BCUT2D eigenvalue weighted by atomic mass is 16.5. The summed E-state index contributed by atoms with van der Waals surface area (Å²) in [4.78, 5) is 27.7. The molecule has 0 amide bonds. The van der Waals surface area contributed by atoms with Crippen LogP contribution >= 0.6 is 0 Å². The van der Waals surface area contributed by atoms with Gasteiger partial charge >= 0.3 is 11.9 Å². The molecule has 0 aliphatic rings. The van der Waals surface area contributed by atoms with Crippen molar-refractivity contribution in [2.24, 2.45) is 0 Å². The molecule has 142 valence electrons. The van der Waals surface area contributed by atoms with E-state index in [0.717, 1.165) is 21.9 Å². The zero-order chi connectivity index (χ0) is 19.8. The van der Waals surface area contributed by atoms with E-state index in [0.29, 0.717) is 22.6 Å². The van der Waals surface area contributed by atoms with E-state index < -0.39 is 11.9 Å². The molecule has 2 aromatic heterocycles. The lowest BCUT2D eigenvalue weighted by molar-refractivity contribution is 0.0525. The minimum atomic E-state index is -0.566. The number of H-pyrrole nitrogens is 1. The predicted molar refractivity (Wildman–Crippen MR) is 105 cm³/mol. The summed E-state index contributed by atoms with van der Waals surface area (Å²) in [5.41, 5.74) is 3.17. The number of carbonyl (C=O) groups excluding carboxylic acids is 2. The molecule has 28 heavy (non-hydrogen) atoms. The average molecular weight is 377 g/mol. The van der Waals surface area contributed by atoms with E-state index in [-0.39, 0.29) is 12.3 Å². The SMILES string of the molecule is CCOC(=O)c1c(C)[nH]c(C(=O)Oc2ccc3oc4ccccc4c3c2)c1C. The number of aromatic nitrogens is 1. The number of aryl methyl sites for hydroxylation is 1. The van der Waals surface area contributed by atoms with Gasteiger partial charge in [0.1, 0.15) is 22.6 Å². The zero-order valence-corrected chi connectivity index (χ0v) is 15.8. The maximum absolute atomic E-state index is 12.7. The highest BCUT2D eigenvalue weighted by Gasteiger charge is 2.24. The summed E-state index contributed by atoms with van der Waals surface area (Å²) < 4.78 is 16.4. The fraction of sp³-hybridized carbons (Fsp3) is 0.182. The van der Waals surface area contributed by atoms with E-state index in [2.05, 4.69) is 4.98 Å². The summed E-state index contributed by atoms with van der Waals surface area (Å²) in [5.74, 6) is -0.629. The second kappa shape index (κ2) is 6.88. The molecule has 0 aliphatic carbocycles. The maximum Gasteiger partial charge on any atom is 0.360 e. The van der Waals surface area contributed by atoms with Crippen LogP contribution in [0.1, 0.15) is 39.0 Å². The minimum absolute atomic E-state index is 0.234. The Labute approximate surface area is 161 Å². The van der Waals surface area contributed by atoms with Crippen LogP contribution in [-0.2, 0) is 4.74 Å². The van der Waals surface area contributed by atoms with Crippen LogP contribution in [0.5, 0.6) is 5.75 Å². The lowest BCUT2D eigenvalue weighted by Crippen LogP contribution is -2.11. The molecule has 0 bridgehead atoms. The van der Waals surface area contributed by atoms with Gasteiger partial charge in [-0.05, 0) is 50.6 Å².